The molecule has 0 aliphatic carbocycles. The van der Waals surface area contributed by atoms with Crippen LogP contribution in [-0.2, 0) is 11.3 Å². The lowest BCUT2D eigenvalue weighted by Gasteiger charge is -2.16. The fourth-order valence-electron chi connectivity index (χ4n) is 3.89. The first-order valence-electron chi connectivity index (χ1n) is 10.5. The van der Waals surface area contributed by atoms with Crippen molar-refractivity contribution in [2.24, 2.45) is 0 Å². The molecular formula is C25H22N4O3. The topological polar surface area (TPSA) is 80.4 Å². The maximum absolute atomic E-state index is 13.2. The van der Waals surface area contributed by atoms with Crippen molar-refractivity contribution in [1.29, 1.82) is 0 Å². The standard InChI is InChI=1S/C25H22N4O3/c30-24-12-5-13-28(24)17-18-7-4-8-19(15-18)26-25(31)22-16-21(23-11-6-14-32-23)27-29(22)20-9-2-1-3-10-20/h1-4,6-11,14-16H,5,12-13,17H2,(H,26,31). The van der Waals surface area contributed by atoms with Gasteiger partial charge in [0.25, 0.3) is 5.91 Å². The Morgan fingerprint density at radius 3 is 2.66 bits per heavy atom. The SMILES string of the molecule is O=C(Nc1cccc(CN2CCCC2=O)c1)c1cc(-c2ccco2)nn1-c1ccccc1. The van der Waals surface area contributed by atoms with Crippen molar-refractivity contribution in [3.05, 3.63) is 90.3 Å². The fourth-order valence-corrected chi connectivity index (χ4v) is 3.89. The Bertz CT molecular complexity index is 1250. The van der Waals surface area contributed by atoms with E-state index in [1.807, 2.05) is 65.6 Å². The van der Waals surface area contributed by atoms with Crippen LogP contribution < -0.4 is 5.32 Å². The van der Waals surface area contributed by atoms with Crippen molar-refractivity contribution < 1.29 is 14.0 Å². The Morgan fingerprint density at radius 2 is 1.91 bits per heavy atom. The number of nitrogens with zero attached hydrogens (tertiary/aromatic N) is 3. The van der Waals surface area contributed by atoms with Gasteiger partial charge in [0.05, 0.1) is 12.0 Å². The monoisotopic (exact) mass is 426 g/mol. The van der Waals surface area contributed by atoms with Gasteiger partial charge in [-0.05, 0) is 48.4 Å². The van der Waals surface area contributed by atoms with Crippen LogP contribution in [0.2, 0.25) is 0 Å². The molecule has 0 spiro atoms. The third kappa shape index (κ3) is 4.05. The molecule has 2 amide bonds. The predicted molar refractivity (Wildman–Crippen MR) is 120 cm³/mol. The van der Waals surface area contributed by atoms with E-state index >= 15 is 0 Å². The highest BCUT2D eigenvalue weighted by molar-refractivity contribution is 6.04. The van der Waals surface area contributed by atoms with E-state index < -0.39 is 0 Å². The summed E-state index contributed by atoms with van der Waals surface area (Å²) in [4.78, 5) is 27.0. The minimum absolute atomic E-state index is 0.177. The van der Waals surface area contributed by atoms with Crippen LogP contribution in [0.3, 0.4) is 0 Å². The Kier molecular flexibility index (Phi) is 5.29. The normalized spacial score (nSPS) is 13.5. The average Bonchev–Trinajstić information content (AvgIpc) is 3.56. The number of amides is 2. The van der Waals surface area contributed by atoms with Gasteiger partial charge in [-0.3, -0.25) is 9.59 Å². The molecule has 1 fully saturated rings. The van der Waals surface area contributed by atoms with Crippen molar-refractivity contribution in [3.63, 3.8) is 0 Å². The Balaban J connectivity index is 1.42. The lowest BCUT2D eigenvalue weighted by atomic mass is 10.2. The molecule has 1 aliphatic heterocycles. The summed E-state index contributed by atoms with van der Waals surface area (Å²) in [5.41, 5.74) is 3.38. The van der Waals surface area contributed by atoms with E-state index in [0.29, 0.717) is 35.8 Å². The predicted octanol–water partition coefficient (Wildman–Crippen LogP) is 4.51. The molecule has 2 aromatic carbocycles. The van der Waals surface area contributed by atoms with E-state index in [9.17, 15) is 9.59 Å². The highest BCUT2D eigenvalue weighted by Crippen LogP contribution is 2.23. The van der Waals surface area contributed by atoms with E-state index in [-0.39, 0.29) is 11.8 Å². The van der Waals surface area contributed by atoms with Gasteiger partial charge in [0.1, 0.15) is 11.4 Å². The number of carbonyl (C=O) groups is 2. The summed E-state index contributed by atoms with van der Waals surface area (Å²) in [7, 11) is 0. The van der Waals surface area contributed by atoms with Gasteiger partial charge in [-0.15, -0.1) is 0 Å². The number of aromatic nitrogens is 2. The van der Waals surface area contributed by atoms with Crippen LogP contribution in [0.4, 0.5) is 5.69 Å². The van der Waals surface area contributed by atoms with Gasteiger partial charge in [0, 0.05) is 31.3 Å². The summed E-state index contributed by atoms with van der Waals surface area (Å²) in [5.74, 6) is 0.483. The first-order valence-corrected chi connectivity index (χ1v) is 10.5. The first-order chi connectivity index (χ1) is 15.7. The number of hydrogen-bond acceptors (Lipinski definition) is 4. The van der Waals surface area contributed by atoms with Crippen LogP contribution in [0.5, 0.6) is 0 Å². The van der Waals surface area contributed by atoms with Crippen LogP contribution >= 0.6 is 0 Å². The second-order valence-electron chi connectivity index (χ2n) is 7.71. The second-order valence-corrected chi connectivity index (χ2v) is 7.71. The molecule has 2 aromatic heterocycles. The number of anilines is 1. The molecule has 5 rings (SSSR count). The molecule has 7 heteroatoms. The van der Waals surface area contributed by atoms with Crippen molar-refractivity contribution in [3.8, 4) is 17.1 Å². The molecule has 32 heavy (non-hydrogen) atoms. The molecule has 4 aromatic rings. The number of benzene rings is 2. The van der Waals surface area contributed by atoms with Gasteiger partial charge in [0.15, 0.2) is 5.76 Å². The number of carbonyl (C=O) groups excluding carboxylic acids is 2. The van der Waals surface area contributed by atoms with Crippen LogP contribution in [0, 0.1) is 0 Å². The van der Waals surface area contributed by atoms with Crippen LogP contribution in [0.25, 0.3) is 17.1 Å². The Morgan fingerprint density at radius 1 is 1.03 bits per heavy atom. The highest BCUT2D eigenvalue weighted by atomic mass is 16.3. The third-order valence-electron chi connectivity index (χ3n) is 5.45. The molecule has 1 saturated heterocycles. The van der Waals surface area contributed by atoms with Gasteiger partial charge < -0.3 is 14.6 Å². The fraction of sp³-hybridized carbons (Fsp3) is 0.160. The highest BCUT2D eigenvalue weighted by Gasteiger charge is 2.21. The lowest BCUT2D eigenvalue weighted by molar-refractivity contribution is -0.128. The van der Waals surface area contributed by atoms with Crippen LogP contribution in [0.15, 0.2) is 83.5 Å². The molecular weight excluding hydrogens is 404 g/mol. The van der Waals surface area contributed by atoms with Gasteiger partial charge in [0.2, 0.25) is 5.91 Å². The maximum Gasteiger partial charge on any atom is 0.274 e. The molecule has 1 N–H and O–H groups in total. The van der Waals surface area contributed by atoms with Crippen LogP contribution in [-0.4, -0.2) is 33.0 Å². The number of hydrogen-bond donors (Lipinski definition) is 1. The molecule has 0 bridgehead atoms. The van der Waals surface area contributed by atoms with Crippen molar-refractivity contribution in [1.82, 2.24) is 14.7 Å². The largest absolute Gasteiger partial charge is 0.463 e. The minimum atomic E-state index is -0.284. The molecule has 160 valence electrons. The summed E-state index contributed by atoms with van der Waals surface area (Å²) in [5, 5.41) is 7.57. The zero-order valence-corrected chi connectivity index (χ0v) is 17.4. The molecule has 3 heterocycles. The maximum atomic E-state index is 13.2. The Hall–Kier alpha value is -4.13. The summed E-state index contributed by atoms with van der Waals surface area (Å²) in [6.45, 7) is 1.33. The Labute approximate surface area is 185 Å². The molecule has 0 saturated carbocycles. The molecule has 0 atom stereocenters. The molecule has 0 unspecified atom stereocenters. The smallest absolute Gasteiger partial charge is 0.274 e. The van der Waals surface area contributed by atoms with Crippen molar-refractivity contribution in [2.45, 2.75) is 19.4 Å². The zero-order chi connectivity index (χ0) is 21.9. The number of rotatable bonds is 6. The second kappa shape index (κ2) is 8.55. The number of nitrogens with one attached hydrogen (secondary N) is 1. The van der Waals surface area contributed by atoms with Gasteiger partial charge in [-0.1, -0.05) is 30.3 Å². The van der Waals surface area contributed by atoms with Gasteiger partial charge >= 0.3 is 0 Å². The van der Waals surface area contributed by atoms with Crippen molar-refractivity contribution in [2.75, 3.05) is 11.9 Å². The lowest BCUT2D eigenvalue weighted by Crippen LogP contribution is -2.24. The van der Waals surface area contributed by atoms with E-state index in [4.69, 9.17) is 4.42 Å². The number of likely N-dealkylation sites (tertiary alicyclic amines) is 1. The molecule has 0 radical (unpaired) electrons. The summed E-state index contributed by atoms with van der Waals surface area (Å²) < 4.78 is 7.08. The van der Waals surface area contributed by atoms with E-state index in [1.165, 1.54) is 0 Å². The average molecular weight is 426 g/mol. The zero-order valence-electron chi connectivity index (χ0n) is 17.4. The van der Waals surface area contributed by atoms with E-state index in [2.05, 4.69) is 10.4 Å². The van der Waals surface area contributed by atoms with Crippen molar-refractivity contribution >= 4 is 17.5 Å². The summed E-state index contributed by atoms with van der Waals surface area (Å²) in [6.07, 6.45) is 3.09. The number of para-hydroxylation sites is 1. The quantitative estimate of drug-likeness (QED) is 0.492. The minimum Gasteiger partial charge on any atom is -0.463 e. The van der Waals surface area contributed by atoms with Gasteiger partial charge in [-0.2, -0.15) is 5.10 Å². The van der Waals surface area contributed by atoms with Crippen LogP contribution in [0.1, 0.15) is 28.9 Å². The summed E-state index contributed by atoms with van der Waals surface area (Å²) >= 11 is 0. The van der Waals surface area contributed by atoms with E-state index in [1.54, 1.807) is 23.1 Å². The summed E-state index contributed by atoms with van der Waals surface area (Å²) in [6, 6.07) is 22.4. The number of furan rings is 1. The first kappa shape index (κ1) is 19.8. The van der Waals surface area contributed by atoms with E-state index in [0.717, 1.165) is 24.2 Å². The molecule has 7 nitrogen and oxygen atoms in total. The third-order valence-corrected chi connectivity index (χ3v) is 5.45. The van der Waals surface area contributed by atoms with Gasteiger partial charge in [-0.25, -0.2) is 4.68 Å². The molecule has 1 aliphatic rings.